The first-order valence-corrected chi connectivity index (χ1v) is 3.88. The molecule has 2 radical (unpaired) electrons. The standard InChI is InChI=1S/C10H8O2/c11-8-5-1-3-7-4-2-6-9(12)10(7)8/h1,3,5,11H,2,4H2. The van der Waals surface area contributed by atoms with Crippen LogP contribution in [-0.2, 0) is 6.42 Å². The van der Waals surface area contributed by atoms with Gasteiger partial charge in [-0.1, -0.05) is 12.1 Å². The molecule has 0 spiro atoms. The fraction of sp³-hybridized carbons (Fsp3) is 0.200. The highest BCUT2D eigenvalue weighted by Gasteiger charge is 2.20. The minimum Gasteiger partial charge on any atom is -0.507 e. The Balaban J connectivity index is 2.60. The van der Waals surface area contributed by atoms with Crippen LogP contribution in [0.25, 0.3) is 0 Å². The highest BCUT2D eigenvalue weighted by atomic mass is 16.3. The fourth-order valence-electron chi connectivity index (χ4n) is 1.46. The summed E-state index contributed by atoms with van der Waals surface area (Å²) in [6.07, 6.45) is 4.14. The number of Topliss-reactive ketones (excluding diaryl/α,β-unsaturated/α-hetero) is 1. The molecule has 0 fully saturated rings. The molecule has 0 atom stereocenters. The van der Waals surface area contributed by atoms with E-state index in [0.717, 1.165) is 12.0 Å². The lowest BCUT2D eigenvalue weighted by Crippen LogP contribution is -2.11. The zero-order valence-corrected chi connectivity index (χ0v) is 6.50. The van der Waals surface area contributed by atoms with Crippen molar-refractivity contribution in [3.05, 3.63) is 35.7 Å². The van der Waals surface area contributed by atoms with Crippen LogP contribution in [-0.4, -0.2) is 10.9 Å². The van der Waals surface area contributed by atoms with E-state index < -0.39 is 0 Å². The minimum absolute atomic E-state index is 0.0738. The number of ketones is 1. The van der Waals surface area contributed by atoms with Gasteiger partial charge in [0.05, 0.1) is 12.0 Å². The monoisotopic (exact) mass is 160 g/mol. The molecule has 0 aliphatic heterocycles. The summed E-state index contributed by atoms with van der Waals surface area (Å²) in [6.45, 7) is 0. The lowest BCUT2D eigenvalue weighted by molar-refractivity contribution is 0.101. The number of aromatic hydroxyl groups is 1. The molecular weight excluding hydrogens is 152 g/mol. The minimum atomic E-state index is -0.172. The summed E-state index contributed by atoms with van der Waals surface area (Å²) in [4.78, 5) is 11.2. The molecule has 0 aromatic heterocycles. The summed E-state index contributed by atoms with van der Waals surface area (Å²) < 4.78 is 0. The average molecular weight is 160 g/mol. The number of hydrogen-bond donors (Lipinski definition) is 1. The number of carbonyl (C=O) groups is 1. The van der Waals surface area contributed by atoms with E-state index >= 15 is 0 Å². The van der Waals surface area contributed by atoms with Crippen LogP contribution >= 0.6 is 0 Å². The average Bonchev–Trinajstić information content (AvgIpc) is 2.04. The zero-order chi connectivity index (χ0) is 8.55. The molecule has 0 saturated carbocycles. The molecule has 0 bridgehead atoms. The summed E-state index contributed by atoms with van der Waals surface area (Å²) in [7, 11) is 0. The van der Waals surface area contributed by atoms with E-state index in [1.54, 1.807) is 6.07 Å². The topological polar surface area (TPSA) is 37.3 Å². The number of phenolic OH excluding ortho intramolecular Hbond substituents is 1. The molecule has 1 N–H and O–H groups in total. The SMILES string of the molecule is O=C1[C]CCc2cccc(O)c21. The Labute approximate surface area is 70.8 Å². The van der Waals surface area contributed by atoms with Gasteiger partial charge in [-0.05, 0) is 24.5 Å². The van der Waals surface area contributed by atoms with Crippen molar-refractivity contribution in [3.8, 4) is 5.75 Å². The van der Waals surface area contributed by atoms with Gasteiger partial charge in [0.25, 0.3) is 0 Å². The van der Waals surface area contributed by atoms with Crippen molar-refractivity contribution in [1.82, 2.24) is 0 Å². The van der Waals surface area contributed by atoms with Crippen LogP contribution in [0.2, 0.25) is 0 Å². The molecule has 0 heterocycles. The summed E-state index contributed by atoms with van der Waals surface area (Å²) >= 11 is 0. The number of fused-ring (bicyclic) bond motifs is 1. The molecular formula is C10H8O2. The Morgan fingerprint density at radius 2 is 2.25 bits per heavy atom. The van der Waals surface area contributed by atoms with Crippen molar-refractivity contribution in [1.29, 1.82) is 0 Å². The summed E-state index contributed by atoms with van der Waals surface area (Å²) in [5, 5.41) is 9.37. The van der Waals surface area contributed by atoms with E-state index in [1.807, 2.05) is 6.07 Å². The van der Waals surface area contributed by atoms with Crippen LogP contribution in [0.4, 0.5) is 0 Å². The lowest BCUT2D eigenvalue weighted by atomic mass is 9.90. The van der Waals surface area contributed by atoms with Crippen LogP contribution in [0.15, 0.2) is 18.2 Å². The number of phenols is 1. The Hall–Kier alpha value is -1.31. The normalized spacial score (nSPS) is 15.8. The largest absolute Gasteiger partial charge is 0.507 e. The van der Waals surface area contributed by atoms with Crippen LogP contribution in [0.5, 0.6) is 5.75 Å². The van der Waals surface area contributed by atoms with Gasteiger partial charge in [-0.2, -0.15) is 0 Å². The van der Waals surface area contributed by atoms with Gasteiger partial charge in [0, 0.05) is 0 Å². The van der Waals surface area contributed by atoms with Gasteiger partial charge in [0.1, 0.15) is 5.75 Å². The molecule has 0 saturated heterocycles. The maximum absolute atomic E-state index is 11.2. The molecule has 1 aliphatic rings. The predicted octanol–water partition coefficient (Wildman–Crippen LogP) is 1.60. The molecule has 60 valence electrons. The molecule has 2 heteroatoms. The van der Waals surface area contributed by atoms with Gasteiger partial charge < -0.3 is 5.11 Å². The number of benzene rings is 1. The van der Waals surface area contributed by atoms with E-state index in [0.29, 0.717) is 12.0 Å². The van der Waals surface area contributed by atoms with E-state index in [-0.39, 0.29) is 11.5 Å². The second-order valence-corrected chi connectivity index (χ2v) is 2.82. The summed E-state index contributed by atoms with van der Waals surface area (Å²) in [5.41, 5.74) is 1.36. The van der Waals surface area contributed by atoms with E-state index in [1.165, 1.54) is 6.07 Å². The Kier molecular flexibility index (Phi) is 1.61. The lowest BCUT2D eigenvalue weighted by Gasteiger charge is -2.14. The third kappa shape index (κ3) is 0.998. The van der Waals surface area contributed by atoms with Crippen LogP contribution in [0.3, 0.4) is 0 Å². The Morgan fingerprint density at radius 1 is 1.42 bits per heavy atom. The number of rotatable bonds is 0. The third-order valence-corrected chi connectivity index (χ3v) is 2.04. The van der Waals surface area contributed by atoms with Crippen LogP contribution < -0.4 is 0 Å². The number of aryl methyl sites for hydroxylation is 1. The zero-order valence-electron chi connectivity index (χ0n) is 6.50. The van der Waals surface area contributed by atoms with Gasteiger partial charge in [0.2, 0.25) is 0 Å². The predicted molar refractivity (Wildman–Crippen MR) is 44.0 cm³/mol. The molecule has 0 unspecified atom stereocenters. The molecule has 0 amide bonds. The van der Waals surface area contributed by atoms with Gasteiger partial charge in [0.15, 0.2) is 5.78 Å². The maximum Gasteiger partial charge on any atom is 0.175 e. The van der Waals surface area contributed by atoms with E-state index in [4.69, 9.17) is 0 Å². The van der Waals surface area contributed by atoms with Gasteiger partial charge in [-0.3, -0.25) is 4.79 Å². The highest BCUT2D eigenvalue weighted by molar-refractivity contribution is 6.06. The maximum atomic E-state index is 11.2. The second kappa shape index (κ2) is 2.63. The first-order valence-electron chi connectivity index (χ1n) is 3.88. The first kappa shape index (κ1) is 7.35. The Morgan fingerprint density at radius 3 is 3.00 bits per heavy atom. The van der Waals surface area contributed by atoms with Crippen molar-refractivity contribution >= 4 is 5.78 Å². The number of carbonyl (C=O) groups excluding carboxylic acids is 1. The summed E-state index contributed by atoms with van der Waals surface area (Å²) in [5.74, 6) is -0.0981. The van der Waals surface area contributed by atoms with E-state index in [2.05, 4.69) is 6.42 Å². The molecule has 2 nitrogen and oxygen atoms in total. The third-order valence-electron chi connectivity index (χ3n) is 2.04. The molecule has 2 rings (SSSR count). The summed E-state index contributed by atoms with van der Waals surface area (Å²) in [6, 6.07) is 5.16. The molecule has 1 aromatic rings. The second-order valence-electron chi connectivity index (χ2n) is 2.82. The highest BCUT2D eigenvalue weighted by Crippen LogP contribution is 2.27. The van der Waals surface area contributed by atoms with Crippen molar-refractivity contribution in [2.24, 2.45) is 0 Å². The van der Waals surface area contributed by atoms with E-state index in [9.17, 15) is 9.90 Å². The molecule has 1 aliphatic carbocycles. The van der Waals surface area contributed by atoms with Crippen LogP contribution in [0, 0.1) is 6.42 Å². The van der Waals surface area contributed by atoms with Crippen LogP contribution in [0.1, 0.15) is 22.3 Å². The van der Waals surface area contributed by atoms with Crippen molar-refractivity contribution in [2.75, 3.05) is 0 Å². The smallest absolute Gasteiger partial charge is 0.175 e. The number of hydrogen-bond acceptors (Lipinski definition) is 2. The van der Waals surface area contributed by atoms with Gasteiger partial charge in [-0.25, -0.2) is 0 Å². The van der Waals surface area contributed by atoms with Crippen molar-refractivity contribution in [3.63, 3.8) is 0 Å². The fourth-order valence-corrected chi connectivity index (χ4v) is 1.46. The molecule has 12 heavy (non-hydrogen) atoms. The van der Waals surface area contributed by atoms with Crippen molar-refractivity contribution in [2.45, 2.75) is 12.8 Å². The molecule has 1 aromatic carbocycles. The van der Waals surface area contributed by atoms with Crippen molar-refractivity contribution < 1.29 is 9.90 Å². The Bertz CT molecular complexity index is 329. The van der Waals surface area contributed by atoms with Gasteiger partial charge >= 0.3 is 0 Å². The quantitative estimate of drug-likeness (QED) is 0.626. The van der Waals surface area contributed by atoms with Gasteiger partial charge in [-0.15, -0.1) is 0 Å². The first-order chi connectivity index (χ1) is 5.79.